The van der Waals surface area contributed by atoms with Gasteiger partial charge < -0.3 is 15.0 Å². The molecule has 4 rings (SSSR count). The number of nitrogens with one attached hydrogen (secondary N) is 1. The number of carbonyl (C=O) groups excluding carboxylic acids is 3. The van der Waals surface area contributed by atoms with Crippen molar-refractivity contribution in [1.82, 2.24) is 15.2 Å². The van der Waals surface area contributed by atoms with Crippen LogP contribution in [0.1, 0.15) is 24.5 Å². The van der Waals surface area contributed by atoms with Crippen molar-refractivity contribution in [2.75, 3.05) is 0 Å². The summed E-state index contributed by atoms with van der Waals surface area (Å²) in [5, 5.41) is 2.37. The molecule has 2 amide bonds. The SMILES string of the molecule is CC(=O)S[C@@H]1CC(=O)N(Cc2ccc(Oc3ccccc3)cc2)[C@H]1C(=O)NCc1ccncc1. The smallest absolute Gasteiger partial charge is 0.244 e. The first-order chi connectivity index (χ1) is 16.5. The molecule has 34 heavy (non-hydrogen) atoms. The molecule has 2 atom stereocenters. The van der Waals surface area contributed by atoms with Gasteiger partial charge >= 0.3 is 0 Å². The summed E-state index contributed by atoms with van der Waals surface area (Å²) in [6.45, 7) is 2.05. The van der Waals surface area contributed by atoms with Gasteiger partial charge in [0.05, 0.1) is 5.25 Å². The van der Waals surface area contributed by atoms with E-state index in [0.29, 0.717) is 12.3 Å². The quantitative estimate of drug-likeness (QED) is 0.531. The fourth-order valence-corrected chi connectivity index (χ4v) is 4.90. The number of aromatic nitrogens is 1. The van der Waals surface area contributed by atoms with E-state index in [9.17, 15) is 14.4 Å². The summed E-state index contributed by atoms with van der Waals surface area (Å²) < 4.78 is 5.83. The van der Waals surface area contributed by atoms with Crippen LogP contribution < -0.4 is 10.1 Å². The van der Waals surface area contributed by atoms with Crippen molar-refractivity contribution < 1.29 is 19.1 Å². The summed E-state index contributed by atoms with van der Waals surface area (Å²) in [7, 11) is 0. The van der Waals surface area contributed by atoms with Crippen molar-refractivity contribution in [1.29, 1.82) is 0 Å². The van der Waals surface area contributed by atoms with Gasteiger partial charge in [-0.3, -0.25) is 19.4 Å². The zero-order chi connectivity index (χ0) is 23.9. The molecule has 0 bridgehead atoms. The molecule has 7 nitrogen and oxygen atoms in total. The molecule has 1 aliphatic heterocycles. The van der Waals surface area contributed by atoms with E-state index in [1.54, 1.807) is 17.3 Å². The lowest BCUT2D eigenvalue weighted by atomic mass is 10.1. The molecule has 1 aliphatic rings. The van der Waals surface area contributed by atoms with Gasteiger partial charge in [0, 0.05) is 38.8 Å². The lowest BCUT2D eigenvalue weighted by molar-refractivity contribution is -0.135. The zero-order valence-corrected chi connectivity index (χ0v) is 19.5. The van der Waals surface area contributed by atoms with Gasteiger partial charge in [0.25, 0.3) is 0 Å². The van der Waals surface area contributed by atoms with E-state index in [0.717, 1.165) is 28.6 Å². The van der Waals surface area contributed by atoms with Crippen molar-refractivity contribution in [2.45, 2.75) is 37.7 Å². The second-order valence-corrected chi connectivity index (χ2v) is 9.37. The van der Waals surface area contributed by atoms with Crippen molar-refractivity contribution >= 4 is 28.7 Å². The van der Waals surface area contributed by atoms with Crippen LogP contribution in [-0.4, -0.2) is 38.1 Å². The van der Waals surface area contributed by atoms with Crippen LogP contribution in [0.5, 0.6) is 11.5 Å². The molecular weight excluding hydrogens is 450 g/mol. The zero-order valence-electron chi connectivity index (χ0n) is 18.7. The number of pyridine rings is 1. The predicted octanol–water partition coefficient (Wildman–Crippen LogP) is 3.94. The van der Waals surface area contributed by atoms with Crippen LogP contribution in [0.25, 0.3) is 0 Å². The summed E-state index contributed by atoms with van der Waals surface area (Å²) in [4.78, 5) is 43.3. The van der Waals surface area contributed by atoms with Crippen LogP contribution in [0.15, 0.2) is 79.1 Å². The number of likely N-dealkylation sites (tertiary alicyclic amines) is 1. The Morgan fingerprint density at radius 2 is 1.68 bits per heavy atom. The molecule has 3 aromatic rings. The van der Waals surface area contributed by atoms with Crippen LogP contribution in [0.2, 0.25) is 0 Å². The topological polar surface area (TPSA) is 88.6 Å². The molecule has 8 heteroatoms. The molecule has 1 saturated heterocycles. The van der Waals surface area contributed by atoms with E-state index in [4.69, 9.17) is 4.74 Å². The van der Waals surface area contributed by atoms with Crippen LogP contribution >= 0.6 is 11.8 Å². The van der Waals surface area contributed by atoms with Gasteiger partial charge in [-0.1, -0.05) is 42.1 Å². The number of thioether (sulfide) groups is 1. The lowest BCUT2D eigenvalue weighted by Gasteiger charge is -2.27. The predicted molar refractivity (Wildman–Crippen MR) is 130 cm³/mol. The molecular formula is C26H25N3O4S. The fraction of sp³-hybridized carbons (Fsp3) is 0.231. The third-order valence-electron chi connectivity index (χ3n) is 5.44. The summed E-state index contributed by atoms with van der Waals surface area (Å²) in [5.74, 6) is 0.997. The molecule has 1 aromatic heterocycles. The Hall–Kier alpha value is -3.65. The van der Waals surface area contributed by atoms with Crippen LogP contribution in [-0.2, 0) is 27.5 Å². The molecule has 174 valence electrons. The molecule has 0 aliphatic carbocycles. The Bertz CT molecular complexity index is 1140. The molecule has 0 unspecified atom stereocenters. The maximum Gasteiger partial charge on any atom is 0.244 e. The van der Waals surface area contributed by atoms with E-state index < -0.39 is 11.3 Å². The average Bonchev–Trinajstić information content (AvgIpc) is 3.13. The Morgan fingerprint density at radius 1 is 1.00 bits per heavy atom. The minimum absolute atomic E-state index is 0.117. The largest absolute Gasteiger partial charge is 0.457 e. The van der Waals surface area contributed by atoms with E-state index in [1.165, 1.54) is 6.92 Å². The number of hydrogen-bond donors (Lipinski definition) is 1. The van der Waals surface area contributed by atoms with E-state index in [-0.39, 0.29) is 29.9 Å². The van der Waals surface area contributed by atoms with Gasteiger partial charge in [0.1, 0.15) is 17.5 Å². The third-order valence-corrected chi connectivity index (χ3v) is 6.50. The first kappa shape index (κ1) is 23.5. The first-order valence-corrected chi connectivity index (χ1v) is 11.8. The van der Waals surface area contributed by atoms with E-state index in [2.05, 4.69) is 10.3 Å². The monoisotopic (exact) mass is 475 g/mol. The van der Waals surface area contributed by atoms with Crippen LogP contribution in [0.4, 0.5) is 0 Å². The molecule has 0 saturated carbocycles. The number of rotatable bonds is 8. The van der Waals surface area contributed by atoms with Gasteiger partial charge in [0.2, 0.25) is 11.8 Å². The normalized spacial score (nSPS) is 17.4. The van der Waals surface area contributed by atoms with Gasteiger partial charge in [-0.05, 0) is 47.5 Å². The number of benzene rings is 2. The molecule has 0 radical (unpaired) electrons. The third kappa shape index (κ3) is 6.02. The molecule has 1 N–H and O–H groups in total. The van der Waals surface area contributed by atoms with Crippen molar-refractivity contribution in [3.8, 4) is 11.5 Å². The second-order valence-electron chi connectivity index (χ2n) is 7.95. The van der Waals surface area contributed by atoms with Crippen molar-refractivity contribution in [3.63, 3.8) is 0 Å². The van der Waals surface area contributed by atoms with Gasteiger partial charge in [0.15, 0.2) is 5.12 Å². The van der Waals surface area contributed by atoms with Gasteiger partial charge in [-0.2, -0.15) is 0 Å². The maximum atomic E-state index is 13.1. The Labute approximate surface area is 202 Å². The van der Waals surface area contributed by atoms with Crippen molar-refractivity contribution in [3.05, 3.63) is 90.3 Å². The second kappa shape index (κ2) is 11.0. The van der Waals surface area contributed by atoms with Gasteiger partial charge in [-0.15, -0.1) is 0 Å². The summed E-state index contributed by atoms with van der Waals surface area (Å²) >= 11 is 1.05. The van der Waals surface area contributed by atoms with Crippen LogP contribution in [0, 0.1) is 0 Å². The molecule has 1 fully saturated rings. The van der Waals surface area contributed by atoms with Crippen molar-refractivity contribution in [2.24, 2.45) is 0 Å². The number of amides is 2. The number of nitrogens with zero attached hydrogens (tertiary/aromatic N) is 2. The Kier molecular flexibility index (Phi) is 7.59. The molecule has 2 heterocycles. The minimum Gasteiger partial charge on any atom is -0.457 e. The standard InChI is InChI=1S/C26H25N3O4S/c1-18(30)34-23-15-24(31)29(25(23)26(32)28-16-19-11-13-27-14-12-19)17-20-7-9-22(10-8-20)33-21-5-3-2-4-6-21/h2-14,23,25H,15-17H2,1H3,(H,28,32)/t23-,25-/m1/s1. The molecule has 0 spiro atoms. The summed E-state index contributed by atoms with van der Waals surface area (Å²) in [5.41, 5.74) is 1.78. The number of hydrogen-bond acceptors (Lipinski definition) is 6. The fourth-order valence-electron chi connectivity index (χ4n) is 3.85. The lowest BCUT2D eigenvalue weighted by Crippen LogP contribution is -2.47. The minimum atomic E-state index is -0.733. The highest BCUT2D eigenvalue weighted by atomic mass is 32.2. The highest BCUT2D eigenvalue weighted by Crippen LogP contribution is 2.32. The number of ether oxygens (including phenoxy) is 1. The maximum absolute atomic E-state index is 13.1. The van der Waals surface area contributed by atoms with Gasteiger partial charge in [-0.25, -0.2) is 0 Å². The Balaban J connectivity index is 1.46. The van der Waals surface area contributed by atoms with E-state index >= 15 is 0 Å². The number of para-hydroxylation sites is 1. The average molecular weight is 476 g/mol. The summed E-state index contributed by atoms with van der Waals surface area (Å²) in [6.07, 6.45) is 3.46. The van der Waals surface area contributed by atoms with Crippen LogP contribution in [0.3, 0.4) is 0 Å². The first-order valence-electron chi connectivity index (χ1n) is 10.9. The Morgan fingerprint density at radius 3 is 2.35 bits per heavy atom. The van der Waals surface area contributed by atoms with E-state index in [1.807, 2.05) is 66.7 Å². The number of carbonyl (C=O) groups is 3. The molecule has 2 aromatic carbocycles. The highest BCUT2D eigenvalue weighted by molar-refractivity contribution is 8.14. The summed E-state index contributed by atoms with van der Waals surface area (Å²) in [6, 6.07) is 19.8. The highest BCUT2D eigenvalue weighted by Gasteiger charge is 2.45.